The Morgan fingerprint density at radius 1 is 1.59 bits per heavy atom. The molecule has 0 radical (unpaired) electrons. The monoisotopic (exact) mass is 253 g/mol. The number of amides is 1. The molecule has 5 nitrogen and oxygen atoms in total. The smallest absolute Gasteiger partial charge is 0.338 e. The van der Waals surface area contributed by atoms with E-state index >= 15 is 0 Å². The summed E-state index contributed by atoms with van der Waals surface area (Å²) in [6.45, 7) is 1.83. The SMILES string of the molecule is COC(=O)C1=C(O)c2scc(C)c2NC(=O)C1. The van der Waals surface area contributed by atoms with Gasteiger partial charge in [-0.15, -0.1) is 11.3 Å². The summed E-state index contributed by atoms with van der Waals surface area (Å²) in [7, 11) is 1.21. The van der Waals surface area contributed by atoms with Crippen molar-refractivity contribution in [3.05, 3.63) is 21.4 Å². The van der Waals surface area contributed by atoms with Crippen LogP contribution in [-0.4, -0.2) is 24.1 Å². The third-order valence-electron chi connectivity index (χ3n) is 2.51. The Morgan fingerprint density at radius 2 is 2.29 bits per heavy atom. The molecule has 0 spiro atoms. The van der Waals surface area contributed by atoms with Gasteiger partial charge in [-0.1, -0.05) is 0 Å². The highest BCUT2D eigenvalue weighted by molar-refractivity contribution is 7.12. The molecule has 2 heterocycles. The lowest BCUT2D eigenvalue weighted by Crippen LogP contribution is -2.15. The van der Waals surface area contributed by atoms with Crippen LogP contribution < -0.4 is 5.32 Å². The number of methoxy groups -OCH3 is 1. The van der Waals surface area contributed by atoms with Gasteiger partial charge in [0, 0.05) is 0 Å². The van der Waals surface area contributed by atoms with Crippen molar-refractivity contribution >= 4 is 34.7 Å². The number of aryl methyl sites for hydroxylation is 1. The van der Waals surface area contributed by atoms with Crippen LogP contribution in [0.3, 0.4) is 0 Å². The van der Waals surface area contributed by atoms with E-state index in [2.05, 4.69) is 10.1 Å². The zero-order chi connectivity index (χ0) is 12.6. The highest BCUT2D eigenvalue weighted by Crippen LogP contribution is 2.37. The van der Waals surface area contributed by atoms with Crippen molar-refractivity contribution in [2.24, 2.45) is 0 Å². The Kier molecular flexibility index (Phi) is 2.89. The molecule has 0 aliphatic carbocycles. The number of esters is 1. The van der Waals surface area contributed by atoms with Crippen LogP contribution in [0.2, 0.25) is 0 Å². The highest BCUT2D eigenvalue weighted by Gasteiger charge is 2.28. The van der Waals surface area contributed by atoms with Gasteiger partial charge in [0.15, 0.2) is 0 Å². The van der Waals surface area contributed by atoms with E-state index in [1.807, 2.05) is 6.92 Å². The Labute approximate surface area is 102 Å². The van der Waals surface area contributed by atoms with E-state index < -0.39 is 5.97 Å². The van der Waals surface area contributed by atoms with Gasteiger partial charge in [0.05, 0.1) is 29.7 Å². The molecule has 0 saturated carbocycles. The summed E-state index contributed by atoms with van der Waals surface area (Å²) in [4.78, 5) is 23.6. The number of hydrogen-bond donors (Lipinski definition) is 2. The molecule has 1 amide bonds. The fourth-order valence-corrected chi connectivity index (χ4v) is 2.61. The second kappa shape index (κ2) is 4.21. The maximum Gasteiger partial charge on any atom is 0.338 e. The van der Waals surface area contributed by atoms with Crippen LogP contribution in [-0.2, 0) is 14.3 Å². The second-order valence-corrected chi connectivity index (χ2v) is 4.55. The van der Waals surface area contributed by atoms with Crippen molar-refractivity contribution in [3.8, 4) is 0 Å². The molecule has 6 heteroatoms. The van der Waals surface area contributed by atoms with Crippen LogP contribution in [0.25, 0.3) is 5.76 Å². The summed E-state index contributed by atoms with van der Waals surface area (Å²) in [5.74, 6) is -1.20. The van der Waals surface area contributed by atoms with Gasteiger partial charge in [-0.2, -0.15) is 0 Å². The normalized spacial score (nSPS) is 15.1. The summed E-state index contributed by atoms with van der Waals surface area (Å²) >= 11 is 1.28. The summed E-state index contributed by atoms with van der Waals surface area (Å²) in [5, 5.41) is 14.5. The number of aliphatic hydroxyl groups is 1. The first-order valence-electron chi connectivity index (χ1n) is 4.93. The molecule has 1 aromatic heterocycles. The van der Waals surface area contributed by atoms with Gasteiger partial charge >= 0.3 is 5.97 Å². The first-order valence-corrected chi connectivity index (χ1v) is 5.81. The fourth-order valence-electron chi connectivity index (χ4n) is 1.63. The molecule has 2 N–H and O–H groups in total. The Morgan fingerprint density at radius 3 is 2.94 bits per heavy atom. The number of hydrogen-bond acceptors (Lipinski definition) is 5. The summed E-state index contributed by atoms with van der Waals surface area (Å²) in [5.41, 5.74) is 1.41. The second-order valence-electron chi connectivity index (χ2n) is 3.67. The lowest BCUT2D eigenvalue weighted by Gasteiger charge is -2.03. The van der Waals surface area contributed by atoms with Crippen LogP contribution >= 0.6 is 11.3 Å². The van der Waals surface area contributed by atoms with E-state index in [0.29, 0.717) is 10.6 Å². The van der Waals surface area contributed by atoms with Crippen LogP contribution in [0.5, 0.6) is 0 Å². The maximum absolute atomic E-state index is 11.6. The van der Waals surface area contributed by atoms with Gasteiger partial charge in [-0.25, -0.2) is 4.79 Å². The molecule has 90 valence electrons. The van der Waals surface area contributed by atoms with Crippen molar-refractivity contribution < 1.29 is 19.4 Å². The predicted molar refractivity (Wildman–Crippen MR) is 63.9 cm³/mol. The minimum Gasteiger partial charge on any atom is -0.506 e. The van der Waals surface area contributed by atoms with Gasteiger partial charge in [0.25, 0.3) is 0 Å². The third-order valence-corrected chi connectivity index (χ3v) is 3.61. The topological polar surface area (TPSA) is 75.6 Å². The van der Waals surface area contributed by atoms with Crippen LogP contribution in [0.1, 0.15) is 16.9 Å². The summed E-state index contributed by atoms with van der Waals surface area (Å²) in [6, 6.07) is 0. The van der Waals surface area contributed by atoms with Crippen molar-refractivity contribution in [1.29, 1.82) is 0 Å². The van der Waals surface area contributed by atoms with Gasteiger partial charge in [-0.3, -0.25) is 4.79 Å². The molecule has 0 aromatic carbocycles. The molecule has 1 aliphatic rings. The molecule has 1 aromatic rings. The molecule has 0 unspecified atom stereocenters. The fraction of sp³-hybridized carbons (Fsp3) is 0.273. The molecule has 1 aliphatic heterocycles. The highest BCUT2D eigenvalue weighted by atomic mass is 32.1. The van der Waals surface area contributed by atoms with Gasteiger partial charge < -0.3 is 15.2 Å². The van der Waals surface area contributed by atoms with Crippen molar-refractivity contribution in [1.82, 2.24) is 0 Å². The number of rotatable bonds is 1. The van der Waals surface area contributed by atoms with E-state index in [-0.39, 0.29) is 23.7 Å². The van der Waals surface area contributed by atoms with Crippen molar-refractivity contribution in [2.45, 2.75) is 13.3 Å². The molecule has 0 atom stereocenters. The van der Waals surface area contributed by atoms with Crippen LogP contribution in [0.4, 0.5) is 5.69 Å². The van der Waals surface area contributed by atoms with E-state index in [0.717, 1.165) is 5.56 Å². The molecule has 0 saturated heterocycles. The summed E-state index contributed by atoms with van der Waals surface area (Å²) < 4.78 is 4.55. The minimum absolute atomic E-state index is 0.00870. The third kappa shape index (κ3) is 1.91. The quantitative estimate of drug-likeness (QED) is 0.749. The zero-order valence-electron chi connectivity index (χ0n) is 9.36. The van der Waals surface area contributed by atoms with Gasteiger partial charge in [-0.05, 0) is 17.9 Å². The number of thiophene rings is 1. The lowest BCUT2D eigenvalue weighted by molar-refractivity contribution is -0.137. The maximum atomic E-state index is 11.6. The molecule has 0 fully saturated rings. The number of fused-ring (bicyclic) bond motifs is 1. The number of aliphatic hydroxyl groups excluding tert-OH is 1. The number of carbonyl (C=O) groups is 2. The average molecular weight is 253 g/mol. The molecule has 2 rings (SSSR count). The van der Waals surface area contributed by atoms with E-state index in [1.54, 1.807) is 5.38 Å². The molecule has 17 heavy (non-hydrogen) atoms. The number of ether oxygens (including phenoxy) is 1. The first kappa shape index (κ1) is 11.7. The Hall–Kier alpha value is -1.82. The number of nitrogens with one attached hydrogen (secondary N) is 1. The molecular weight excluding hydrogens is 242 g/mol. The molecule has 0 bridgehead atoms. The number of carbonyl (C=O) groups excluding carboxylic acids is 2. The first-order chi connectivity index (χ1) is 8.04. The van der Waals surface area contributed by atoms with E-state index in [4.69, 9.17) is 0 Å². The standard InChI is InChI=1S/C11H11NO4S/c1-5-4-17-10-8(5)12-7(13)3-6(9(10)14)11(15)16-2/h4,14H,3H2,1-2H3,(H,12,13). The zero-order valence-corrected chi connectivity index (χ0v) is 10.2. The predicted octanol–water partition coefficient (Wildman–Crippen LogP) is 1.84. The molecular formula is C11H11NO4S. The number of anilines is 1. The minimum atomic E-state index is -0.684. The Balaban J connectivity index is 2.60. The average Bonchev–Trinajstić information content (AvgIpc) is 2.60. The largest absolute Gasteiger partial charge is 0.506 e. The van der Waals surface area contributed by atoms with Crippen LogP contribution in [0.15, 0.2) is 11.0 Å². The lowest BCUT2D eigenvalue weighted by atomic mass is 10.1. The van der Waals surface area contributed by atoms with Crippen LogP contribution in [0, 0.1) is 6.92 Å². The summed E-state index contributed by atoms with van der Waals surface area (Å²) in [6.07, 6.45) is -0.181. The van der Waals surface area contributed by atoms with Crippen molar-refractivity contribution in [2.75, 3.05) is 12.4 Å². The van der Waals surface area contributed by atoms with Gasteiger partial charge in [0.1, 0.15) is 5.76 Å². The van der Waals surface area contributed by atoms with E-state index in [9.17, 15) is 14.7 Å². The van der Waals surface area contributed by atoms with E-state index in [1.165, 1.54) is 18.4 Å². The van der Waals surface area contributed by atoms with Gasteiger partial charge in [0.2, 0.25) is 5.91 Å². The Bertz CT molecular complexity index is 530. The van der Waals surface area contributed by atoms with Crippen molar-refractivity contribution in [3.63, 3.8) is 0 Å².